The molecule has 0 bridgehead atoms. The second kappa shape index (κ2) is 6.83. The van der Waals surface area contributed by atoms with E-state index < -0.39 is 10.0 Å². The molecule has 0 unspecified atom stereocenters. The summed E-state index contributed by atoms with van der Waals surface area (Å²) in [5.41, 5.74) is 0.679. The summed E-state index contributed by atoms with van der Waals surface area (Å²) in [5, 5.41) is 8.63. The lowest BCUT2D eigenvalue weighted by Gasteiger charge is -2.05. The van der Waals surface area contributed by atoms with E-state index in [9.17, 15) is 8.42 Å². The SMILES string of the molecule is O=S(=O)(Nc1ncccn1)c1ccc(C#CCCO)cc1. The van der Waals surface area contributed by atoms with Gasteiger partial charge in [0, 0.05) is 24.4 Å². The van der Waals surface area contributed by atoms with Gasteiger partial charge in [-0.05, 0) is 30.3 Å². The van der Waals surface area contributed by atoms with Crippen molar-refractivity contribution in [3.8, 4) is 11.8 Å². The van der Waals surface area contributed by atoms with Crippen LogP contribution in [0.3, 0.4) is 0 Å². The Morgan fingerprint density at radius 3 is 2.43 bits per heavy atom. The van der Waals surface area contributed by atoms with Gasteiger partial charge >= 0.3 is 0 Å². The Hall–Kier alpha value is -2.43. The minimum absolute atomic E-state index is 0.000455. The number of nitrogens with zero attached hydrogens (tertiary/aromatic N) is 2. The largest absolute Gasteiger partial charge is 0.395 e. The molecule has 0 radical (unpaired) electrons. The highest BCUT2D eigenvalue weighted by Crippen LogP contribution is 2.13. The number of hydrogen-bond donors (Lipinski definition) is 2. The predicted molar refractivity (Wildman–Crippen MR) is 77.9 cm³/mol. The topological polar surface area (TPSA) is 92.2 Å². The van der Waals surface area contributed by atoms with Gasteiger partial charge in [-0.2, -0.15) is 0 Å². The van der Waals surface area contributed by atoms with Crippen molar-refractivity contribution in [1.82, 2.24) is 9.97 Å². The molecule has 0 amide bonds. The molecule has 2 aromatic rings. The average molecular weight is 303 g/mol. The maximum Gasteiger partial charge on any atom is 0.264 e. The van der Waals surface area contributed by atoms with E-state index in [1.54, 1.807) is 18.2 Å². The van der Waals surface area contributed by atoms with E-state index in [4.69, 9.17) is 5.11 Å². The van der Waals surface area contributed by atoms with Crippen LogP contribution in [0.15, 0.2) is 47.6 Å². The number of aromatic nitrogens is 2. The number of rotatable bonds is 4. The molecule has 1 heterocycles. The van der Waals surface area contributed by atoms with Crippen molar-refractivity contribution < 1.29 is 13.5 Å². The molecule has 2 N–H and O–H groups in total. The standard InChI is InChI=1S/C14H13N3O3S/c18-11-2-1-4-12-5-7-13(8-6-12)21(19,20)17-14-15-9-3-10-16-14/h3,5-10,18H,2,11H2,(H,15,16,17). The molecule has 6 nitrogen and oxygen atoms in total. The van der Waals surface area contributed by atoms with E-state index >= 15 is 0 Å². The van der Waals surface area contributed by atoms with Gasteiger partial charge in [0.25, 0.3) is 10.0 Å². The molecule has 0 fully saturated rings. The van der Waals surface area contributed by atoms with Gasteiger partial charge in [0.15, 0.2) is 0 Å². The van der Waals surface area contributed by atoms with Crippen LogP contribution in [0.5, 0.6) is 0 Å². The molecule has 0 saturated carbocycles. The van der Waals surface area contributed by atoms with E-state index in [1.807, 2.05) is 0 Å². The number of aliphatic hydroxyl groups is 1. The zero-order valence-electron chi connectivity index (χ0n) is 11.0. The molecule has 0 aliphatic heterocycles. The van der Waals surface area contributed by atoms with Gasteiger partial charge in [-0.15, -0.1) is 0 Å². The summed E-state index contributed by atoms with van der Waals surface area (Å²) in [5.74, 6) is 5.61. The summed E-state index contributed by atoms with van der Waals surface area (Å²) in [7, 11) is -3.72. The smallest absolute Gasteiger partial charge is 0.264 e. The highest BCUT2D eigenvalue weighted by atomic mass is 32.2. The van der Waals surface area contributed by atoms with E-state index in [1.165, 1.54) is 24.5 Å². The molecule has 2 rings (SSSR count). The van der Waals surface area contributed by atoms with Crippen LogP contribution in [0.25, 0.3) is 0 Å². The van der Waals surface area contributed by atoms with Crippen molar-refractivity contribution in [2.75, 3.05) is 11.3 Å². The van der Waals surface area contributed by atoms with Crippen LogP contribution >= 0.6 is 0 Å². The van der Waals surface area contributed by atoms with E-state index in [0.29, 0.717) is 12.0 Å². The van der Waals surface area contributed by atoms with Crippen LogP contribution in [-0.4, -0.2) is 30.1 Å². The van der Waals surface area contributed by atoms with Gasteiger partial charge in [-0.25, -0.2) is 23.1 Å². The number of sulfonamides is 1. The Labute approximate surface area is 122 Å². The van der Waals surface area contributed by atoms with Crippen LogP contribution in [0, 0.1) is 11.8 Å². The van der Waals surface area contributed by atoms with Crippen molar-refractivity contribution >= 4 is 16.0 Å². The van der Waals surface area contributed by atoms with Crippen molar-refractivity contribution in [1.29, 1.82) is 0 Å². The first-order valence-corrected chi connectivity index (χ1v) is 7.60. The molecule has 7 heteroatoms. The average Bonchev–Trinajstić information content (AvgIpc) is 2.49. The maximum absolute atomic E-state index is 12.1. The fourth-order valence-corrected chi connectivity index (χ4v) is 2.43. The van der Waals surface area contributed by atoms with E-state index in [2.05, 4.69) is 26.5 Å². The minimum atomic E-state index is -3.72. The maximum atomic E-state index is 12.1. The molecule has 21 heavy (non-hydrogen) atoms. The lowest BCUT2D eigenvalue weighted by Crippen LogP contribution is -2.14. The molecule has 0 aliphatic carbocycles. The summed E-state index contributed by atoms with van der Waals surface area (Å²) < 4.78 is 26.5. The lowest BCUT2D eigenvalue weighted by molar-refractivity contribution is 0.305. The van der Waals surface area contributed by atoms with Gasteiger partial charge in [0.1, 0.15) is 0 Å². The molecule has 0 saturated heterocycles. The number of anilines is 1. The Bertz CT molecular complexity index is 748. The number of benzene rings is 1. The lowest BCUT2D eigenvalue weighted by atomic mass is 10.2. The summed E-state index contributed by atoms with van der Waals surface area (Å²) in [6.07, 6.45) is 3.28. The summed E-state index contributed by atoms with van der Waals surface area (Å²) in [6.45, 7) is 0.000455. The van der Waals surface area contributed by atoms with Gasteiger partial charge in [-0.3, -0.25) is 0 Å². The first-order chi connectivity index (χ1) is 10.1. The van der Waals surface area contributed by atoms with Crippen molar-refractivity contribution in [3.63, 3.8) is 0 Å². The van der Waals surface area contributed by atoms with Gasteiger partial charge in [0.05, 0.1) is 11.5 Å². The second-order valence-electron chi connectivity index (χ2n) is 3.98. The quantitative estimate of drug-likeness (QED) is 0.822. The monoisotopic (exact) mass is 303 g/mol. The number of hydrogen-bond acceptors (Lipinski definition) is 5. The second-order valence-corrected chi connectivity index (χ2v) is 5.66. The van der Waals surface area contributed by atoms with Crippen LogP contribution in [0.1, 0.15) is 12.0 Å². The van der Waals surface area contributed by atoms with Crippen LogP contribution < -0.4 is 4.72 Å². The van der Waals surface area contributed by atoms with Crippen LogP contribution in [0.2, 0.25) is 0 Å². The summed E-state index contributed by atoms with van der Waals surface area (Å²) >= 11 is 0. The zero-order valence-corrected chi connectivity index (χ0v) is 11.8. The van der Waals surface area contributed by atoms with Gasteiger partial charge in [0.2, 0.25) is 5.95 Å². The predicted octanol–water partition coefficient (Wildman–Crippen LogP) is 1.01. The third-order valence-corrected chi connectivity index (χ3v) is 3.77. The highest BCUT2D eigenvalue weighted by molar-refractivity contribution is 7.92. The molecule has 1 aromatic carbocycles. The fraction of sp³-hybridized carbons (Fsp3) is 0.143. The molecule has 108 valence electrons. The van der Waals surface area contributed by atoms with Crippen molar-refractivity contribution in [2.45, 2.75) is 11.3 Å². The number of nitrogens with one attached hydrogen (secondary N) is 1. The molecular weight excluding hydrogens is 290 g/mol. The highest BCUT2D eigenvalue weighted by Gasteiger charge is 2.14. The Kier molecular flexibility index (Phi) is 4.87. The number of aliphatic hydroxyl groups excluding tert-OH is 1. The van der Waals surface area contributed by atoms with E-state index in [0.717, 1.165) is 0 Å². The molecule has 1 aromatic heterocycles. The van der Waals surface area contributed by atoms with Gasteiger partial charge < -0.3 is 5.11 Å². The fourth-order valence-electron chi connectivity index (χ4n) is 1.47. The minimum Gasteiger partial charge on any atom is -0.395 e. The third kappa shape index (κ3) is 4.27. The Balaban J connectivity index is 2.16. The first kappa shape index (κ1) is 15.0. The Morgan fingerprint density at radius 2 is 1.81 bits per heavy atom. The van der Waals surface area contributed by atoms with Gasteiger partial charge in [-0.1, -0.05) is 11.8 Å². The molecule has 0 atom stereocenters. The van der Waals surface area contributed by atoms with Crippen LogP contribution in [0.4, 0.5) is 5.95 Å². The summed E-state index contributed by atoms with van der Waals surface area (Å²) in [6, 6.07) is 7.70. The molecule has 0 aliphatic rings. The molecule has 0 spiro atoms. The van der Waals surface area contributed by atoms with Crippen molar-refractivity contribution in [2.24, 2.45) is 0 Å². The van der Waals surface area contributed by atoms with Crippen molar-refractivity contribution in [3.05, 3.63) is 48.3 Å². The first-order valence-electron chi connectivity index (χ1n) is 6.11. The molecular formula is C14H13N3O3S. The Morgan fingerprint density at radius 1 is 1.14 bits per heavy atom. The van der Waals surface area contributed by atoms with Crippen LogP contribution in [-0.2, 0) is 10.0 Å². The third-order valence-electron chi connectivity index (χ3n) is 2.43. The normalized spacial score (nSPS) is 10.5. The summed E-state index contributed by atoms with van der Waals surface area (Å²) in [4.78, 5) is 7.72. The van der Waals surface area contributed by atoms with E-state index in [-0.39, 0.29) is 17.5 Å². The zero-order chi connectivity index (χ0) is 15.1.